The monoisotopic (exact) mass is 278 g/mol. The highest BCUT2D eigenvalue weighted by atomic mass is 16.5. The Bertz CT molecular complexity index is 414. The summed E-state index contributed by atoms with van der Waals surface area (Å²) < 4.78 is 10.6. The van der Waals surface area contributed by atoms with Gasteiger partial charge < -0.3 is 19.7 Å². The lowest BCUT2D eigenvalue weighted by Crippen LogP contribution is -2.45. The van der Waals surface area contributed by atoms with Crippen LogP contribution in [0.3, 0.4) is 0 Å². The van der Waals surface area contributed by atoms with Crippen molar-refractivity contribution in [1.82, 2.24) is 10.2 Å². The van der Waals surface area contributed by atoms with Crippen LogP contribution in [0.25, 0.3) is 0 Å². The van der Waals surface area contributed by atoms with Crippen LogP contribution >= 0.6 is 0 Å². The number of piperidine rings is 1. The second-order valence-corrected chi connectivity index (χ2v) is 5.65. The zero-order valence-corrected chi connectivity index (χ0v) is 13.0. The number of benzene rings is 1. The van der Waals surface area contributed by atoms with E-state index < -0.39 is 0 Å². The van der Waals surface area contributed by atoms with E-state index in [9.17, 15) is 0 Å². The Morgan fingerprint density at radius 2 is 1.85 bits per heavy atom. The lowest BCUT2D eigenvalue weighted by Gasteiger charge is -2.35. The van der Waals surface area contributed by atoms with Gasteiger partial charge in [0.05, 0.1) is 14.2 Å². The summed E-state index contributed by atoms with van der Waals surface area (Å²) in [5, 5.41) is 3.65. The molecular formula is C16H26N2O2. The first kappa shape index (κ1) is 15.1. The minimum atomic E-state index is 0.596. The topological polar surface area (TPSA) is 33.7 Å². The van der Waals surface area contributed by atoms with Gasteiger partial charge in [-0.15, -0.1) is 0 Å². The number of methoxy groups -OCH3 is 2. The second kappa shape index (κ2) is 6.95. The van der Waals surface area contributed by atoms with Crippen molar-refractivity contribution in [1.29, 1.82) is 0 Å². The lowest BCUT2D eigenvalue weighted by atomic mass is 9.98. The molecule has 2 atom stereocenters. The van der Waals surface area contributed by atoms with E-state index in [4.69, 9.17) is 9.47 Å². The number of hydrogen-bond acceptors (Lipinski definition) is 4. The molecule has 1 fully saturated rings. The Hall–Kier alpha value is -1.26. The first-order chi connectivity index (χ1) is 9.62. The van der Waals surface area contributed by atoms with Crippen molar-refractivity contribution in [2.24, 2.45) is 0 Å². The fourth-order valence-corrected chi connectivity index (χ4v) is 2.71. The van der Waals surface area contributed by atoms with Gasteiger partial charge in [0.25, 0.3) is 0 Å². The minimum Gasteiger partial charge on any atom is -0.497 e. The Kier molecular flexibility index (Phi) is 5.26. The summed E-state index contributed by atoms with van der Waals surface area (Å²) in [7, 11) is 5.57. The third-order valence-corrected chi connectivity index (χ3v) is 4.21. The van der Waals surface area contributed by atoms with Gasteiger partial charge in [-0.2, -0.15) is 0 Å². The number of nitrogens with zero attached hydrogens (tertiary/aromatic N) is 1. The van der Waals surface area contributed by atoms with Crippen molar-refractivity contribution in [3.8, 4) is 11.5 Å². The summed E-state index contributed by atoms with van der Waals surface area (Å²) in [5.41, 5.74) is 1.20. The van der Waals surface area contributed by atoms with Gasteiger partial charge in [0.1, 0.15) is 11.5 Å². The molecule has 0 bridgehead atoms. The Morgan fingerprint density at radius 3 is 2.40 bits per heavy atom. The van der Waals surface area contributed by atoms with Crippen molar-refractivity contribution in [3.05, 3.63) is 23.8 Å². The Morgan fingerprint density at radius 1 is 1.20 bits per heavy atom. The normalized spacial score (nSPS) is 23.6. The molecule has 1 N–H and O–H groups in total. The molecule has 4 nitrogen and oxygen atoms in total. The molecule has 1 saturated heterocycles. The van der Waals surface area contributed by atoms with Gasteiger partial charge in [0.15, 0.2) is 0 Å². The number of hydrogen-bond donors (Lipinski definition) is 1. The SMILES string of the molecule is COc1cc(CNC2CCN(C)C(C)C2)cc(OC)c1. The molecule has 0 aliphatic carbocycles. The lowest BCUT2D eigenvalue weighted by molar-refractivity contribution is 0.168. The van der Waals surface area contributed by atoms with E-state index in [0.717, 1.165) is 18.0 Å². The van der Waals surface area contributed by atoms with E-state index in [1.807, 2.05) is 6.07 Å². The number of likely N-dealkylation sites (tertiary alicyclic amines) is 1. The Balaban J connectivity index is 1.93. The number of ether oxygens (including phenoxy) is 2. The number of rotatable bonds is 5. The molecule has 1 heterocycles. The quantitative estimate of drug-likeness (QED) is 0.896. The zero-order valence-electron chi connectivity index (χ0n) is 13.0. The van der Waals surface area contributed by atoms with Gasteiger partial charge in [-0.25, -0.2) is 0 Å². The van der Waals surface area contributed by atoms with E-state index in [1.54, 1.807) is 14.2 Å². The van der Waals surface area contributed by atoms with Crippen molar-refractivity contribution in [2.45, 2.75) is 38.4 Å². The molecule has 1 aliphatic heterocycles. The maximum absolute atomic E-state index is 5.31. The molecule has 20 heavy (non-hydrogen) atoms. The fourth-order valence-electron chi connectivity index (χ4n) is 2.71. The standard InChI is InChI=1S/C16H26N2O2/c1-12-7-14(5-6-18(12)2)17-11-13-8-15(19-3)10-16(9-13)20-4/h8-10,12,14,17H,5-7,11H2,1-4H3. The molecule has 2 unspecified atom stereocenters. The third kappa shape index (κ3) is 3.87. The van der Waals surface area contributed by atoms with Gasteiger partial charge >= 0.3 is 0 Å². The van der Waals surface area contributed by atoms with Crippen LogP contribution in [0.15, 0.2) is 18.2 Å². The van der Waals surface area contributed by atoms with E-state index in [0.29, 0.717) is 12.1 Å². The molecule has 1 aromatic rings. The molecular weight excluding hydrogens is 252 g/mol. The zero-order chi connectivity index (χ0) is 14.5. The van der Waals surface area contributed by atoms with Crippen LogP contribution in [0.1, 0.15) is 25.3 Å². The highest BCUT2D eigenvalue weighted by Gasteiger charge is 2.22. The summed E-state index contributed by atoms with van der Waals surface area (Å²) in [4.78, 5) is 2.42. The van der Waals surface area contributed by atoms with Crippen LogP contribution in [0.5, 0.6) is 11.5 Å². The summed E-state index contributed by atoms with van der Waals surface area (Å²) in [5.74, 6) is 1.69. The second-order valence-electron chi connectivity index (χ2n) is 5.65. The molecule has 112 valence electrons. The van der Waals surface area contributed by atoms with Gasteiger partial charge in [-0.3, -0.25) is 0 Å². The van der Waals surface area contributed by atoms with Gasteiger partial charge in [-0.05, 0) is 51.1 Å². The van der Waals surface area contributed by atoms with Crippen LogP contribution in [0, 0.1) is 0 Å². The molecule has 4 heteroatoms. The summed E-state index contributed by atoms with van der Waals surface area (Å²) in [6, 6.07) is 7.28. The van der Waals surface area contributed by atoms with E-state index in [-0.39, 0.29) is 0 Å². The first-order valence-electron chi connectivity index (χ1n) is 7.28. The highest BCUT2D eigenvalue weighted by Crippen LogP contribution is 2.23. The van der Waals surface area contributed by atoms with Gasteiger partial charge in [0.2, 0.25) is 0 Å². The largest absolute Gasteiger partial charge is 0.497 e. The summed E-state index contributed by atoms with van der Waals surface area (Å²) >= 11 is 0. The summed E-state index contributed by atoms with van der Waals surface area (Å²) in [6.07, 6.45) is 2.42. The van der Waals surface area contributed by atoms with E-state index in [1.165, 1.54) is 24.9 Å². The predicted octanol–water partition coefficient (Wildman–Crippen LogP) is 2.28. The van der Waals surface area contributed by atoms with Crippen molar-refractivity contribution in [3.63, 3.8) is 0 Å². The molecule has 0 aromatic heterocycles. The maximum atomic E-state index is 5.31. The first-order valence-corrected chi connectivity index (χ1v) is 7.28. The summed E-state index contributed by atoms with van der Waals surface area (Å²) in [6.45, 7) is 4.32. The van der Waals surface area contributed by atoms with Crippen LogP contribution in [0.2, 0.25) is 0 Å². The van der Waals surface area contributed by atoms with Crippen molar-refractivity contribution in [2.75, 3.05) is 27.8 Å². The fraction of sp³-hybridized carbons (Fsp3) is 0.625. The molecule has 0 saturated carbocycles. The van der Waals surface area contributed by atoms with E-state index >= 15 is 0 Å². The average Bonchev–Trinajstić information content (AvgIpc) is 2.48. The van der Waals surface area contributed by atoms with E-state index in [2.05, 4.69) is 36.3 Å². The average molecular weight is 278 g/mol. The third-order valence-electron chi connectivity index (χ3n) is 4.21. The van der Waals surface area contributed by atoms with Gasteiger partial charge in [0, 0.05) is 24.7 Å². The smallest absolute Gasteiger partial charge is 0.122 e. The predicted molar refractivity (Wildman–Crippen MR) is 81.5 cm³/mol. The molecule has 1 aromatic carbocycles. The van der Waals surface area contributed by atoms with Crippen LogP contribution in [-0.2, 0) is 6.54 Å². The molecule has 0 amide bonds. The van der Waals surface area contributed by atoms with Crippen LogP contribution in [0.4, 0.5) is 0 Å². The molecule has 0 radical (unpaired) electrons. The van der Waals surface area contributed by atoms with Gasteiger partial charge in [-0.1, -0.05) is 0 Å². The Labute approximate surface area is 122 Å². The van der Waals surface area contributed by atoms with Crippen molar-refractivity contribution < 1.29 is 9.47 Å². The maximum Gasteiger partial charge on any atom is 0.122 e. The molecule has 0 spiro atoms. The number of nitrogens with one attached hydrogen (secondary N) is 1. The minimum absolute atomic E-state index is 0.596. The molecule has 1 aliphatic rings. The molecule has 2 rings (SSSR count). The highest BCUT2D eigenvalue weighted by molar-refractivity contribution is 5.38. The van der Waals surface area contributed by atoms with Crippen molar-refractivity contribution >= 4 is 0 Å². The van der Waals surface area contributed by atoms with Crippen LogP contribution in [-0.4, -0.2) is 44.8 Å². The van der Waals surface area contributed by atoms with Crippen LogP contribution < -0.4 is 14.8 Å².